The average Bonchev–Trinajstić information content (AvgIpc) is 2.63. The topological polar surface area (TPSA) is 12.0 Å². The molecule has 0 aliphatic heterocycles. The van der Waals surface area contributed by atoms with Crippen molar-refractivity contribution in [2.45, 2.75) is 45.4 Å². The van der Waals surface area contributed by atoms with Crippen LogP contribution in [-0.2, 0) is 6.42 Å². The number of aryl methyl sites for hydroxylation is 1. The Hall–Kier alpha value is -2.28. The van der Waals surface area contributed by atoms with Gasteiger partial charge >= 0.3 is 0 Å². The lowest BCUT2D eigenvalue weighted by Gasteiger charge is -2.13. The molecule has 0 unspecified atom stereocenters. The van der Waals surface area contributed by atoms with Crippen LogP contribution in [0.5, 0.6) is 0 Å². The molecule has 0 bridgehead atoms. The van der Waals surface area contributed by atoms with Gasteiger partial charge in [-0.25, -0.2) is 0 Å². The summed E-state index contributed by atoms with van der Waals surface area (Å²) in [6.07, 6.45) is 7.78. The maximum absolute atomic E-state index is 3.62. The molecule has 0 amide bonds. The summed E-state index contributed by atoms with van der Waals surface area (Å²) in [5, 5.41) is 6.18. The van der Waals surface area contributed by atoms with Crippen LogP contribution in [0.2, 0.25) is 0 Å². The van der Waals surface area contributed by atoms with Crippen molar-refractivity contribution in [3.05, 3.63) is 72.3 Å². The molecule has 124 valence electrons. The molecular formula is C23H27N. The van der Waals surface area contributed by atoms with E-state index in [2.05, 4.69) is 79.0 Å². The Morgan fingerprint density at radius 1 is 0.708 bits per heavy atom. The smallest absolute Gasteiger partial charge is 0.0416 e. The van der Waals surface area contributed by atoms with Gasteiger partial charge in [-0.2, -0.15) is 0 Å². The minimum Gasteiger partial charge on any atom is -0.355 e. The summed E-state index contributed by atoms with van der Waals surface area (Å²) in [5.74, 6) is 0. The first-order chi connectivity index (χ1) is 11.9. The van der Waals surface area contributed by atoms with Crippen molar-refractivity contribution in [3.8, 4) is 0 Å². The molecule has 1 heteroatoms. The van der Waals surface area contributed by atoms with Gasteiger partial charge in [-0.1, -0.05) is 81.1 Å². The highest BCUT2D eigenvalue weighted by atomic mass is 14.9. The second kappa shape index (κ2) is 8.54. The lowest BCUT2D eigenvalue weighted by molar-refractivity contribution is 0.632. The van der Waals surface area contributed by atoms with Crippen LogP contribution in [0.4, 0.5) is 11.4 Å². The van der Waals surface area contributed by atoms with Crippen LogP contribution in [0.1, 0.15) is 44.6 Å². The molecule has 0 radical (unpaired) electrons. The van der Waals surface area contributed by atoms with Crippen molar-refractivity contribution < 1.29 is 0 Å². The number of hydrogen-bond donors (Lipinski definition) is 1. The van der Waals surface area contributed by atoms with E-state index in [1.54, 1.807) is 0 Å². The fourth-order valence-corrected chi connectivity index (χ4v) is 3.20. The molecule has 3 aromatic carbocycles. The molecular weight excluding hydrogens is 290 g/mol. The molecule has 0 aliphatic carbocycles. The fraction of sp³-hybridized carbons (Fsp3) is 0.304. The van der Waals surface area contributed by atoms with E-state index in [0.29, 0.717) is 0 Å². The average molecular weight is 317 g/mol. The molecule has 0 fully saturated rings. The number of benzene rings is 3. The number of para-hydroxylation sites is 1. The van der Waals surface area contributed by atoms with E-state index in [-0.39, 0.29) is 0 Å². The first kappa shape index (κ1) is 16.6. The Kier molecular flexibility index (Phi) is 5.90. The van der Waals surface area contributed by atoms with Crippen molar-refractivity contribution in [2.24, 2.45) is 0 Å². The van der Waals surface area contributed by atoms with Gasteiger partial charge in [0.1, 0.15) is 0 Å². The molecule has 0 aromatic heterocycles. The maximum atomic E-state index is 3.62. The van der Waals surface area contributed by atoms with Crippen molar-refractivity contribution in [3.63, 3.8) is 0 Å². The van der Waals surface area contributed by atoms with Gasteiger partial charge in [-0.05, 0) is 47.4 Å². The first-order valence-electron chi connectivity index (χ1n) is 9.20. The molecule has 0 spiro atoms. The molecule has 3 rings (SSSR count). The van der Waals surface area contributed by atoms with Gasteiger partial charge in [0, 0.05) is 11.4 Å². The van der Waals surface area contributed by atoms with Crippen LogP contribution in [0.3, 0.4) is 0 Å². The van der Waals surface area contributed by atoms with Crippen LogP contribution in [-0.4, -0.2) is 0 Å². The number of rotatable bonds is 8. The van der Waals surface area contributed by atoms with Gasteiger partial charge in [0.15, 0.2) is 0 Å². The van der Waals surface area contributed by atoms with E-state index in [4.69, 9.17) is 0 Å². The van der Waals surface area contributed by atoms with Crippen LogP contribution >= 0.6 is 0 Å². The summed E-state index contributed by atoms with van der Waals surface area (Å²) in [6, 6.07) is 23.8. The molecule has 1 nitrogen and oxygen atoms in total. The summed E-state index contributed by atoms with van der Waals surface area (Å²) < 4.78 is 0. The minimum atomic E-state index is 1.15. The standard InChI is InChI=1S/C23H27N/c1-2-3-4-5-6-12-20-13-9-10-15-23(20)24-22-17-16-19-11-7-8-14-21(19)18-22/h7-11,13-18,24H,2-6,12H2,1H3. The summed E-state index contributed by atoms with van der Waals surface area (Å²) in [6.45, 7) is 2.27. The molecule has 3 aromatic rings. The summed E-state index contributed by atoms with van der Waals surface area (Å²) in [7, 11) is 0. The zero-order valence-corrected chi connectivity index (χ0v) is 14.6. The second-order valence-electron chi connectivity index (χ2n) is 6.51. The second-order valence-corrected chi connectivity index (χ2v) is 6.51. The summed E-state index contributed by atoms with van der Waals surface area (Å²) in [4.78, 5) is 0. The SMILES string of the molecule is CCCCCCCc1ccccc1Nc1ccc2ccccc2c1. The van der Waals surface area contributed by atoms with Crippen LogP contribution in [0.25, 0.3) is 10.8 Å². The molecule has 1 N–H and O–H groups in total. The number of unbranched alkanes of at least 4 members (excludes halogenated alkanes) is 4. The minimum absolute atomic E-state index is 1.15. The van der Waals surface area contributed by atoms with Gasteiger partial charge in [0.05, 0.1) is 0 Å². The van der Waals surface area contributed by atoms with Gasteiger partial charge in [0.2, 0.25) is 0 Å². The van der Waals surface area contributed by atoms with Crippen molar-refractivity contribution in [1.82, 2.24) is 0 Å². The molecule has 0 aliphatic rings. The number of hydrogen-bond acceptors (Lipinski definition) is 1. The lowest BCUT2D eigenvalue weighted by Crippen LogP contribution is -1.96. The number of nitrogens with one attached hydrogen (secondary N) is 1. The normalized spacial score (nSPS) is 10.9. The Labute approximate surface area is 145 Å². The van der Waals surface area contributed by atoms with Crippen molar-refractivity contribution >= 4 is 22.1 Å². The van der Waals surface area contributed by atoms with Crippen LogP contribution in [0.15, 0.2) is 66.7 Å². The highest BCUT2D eigenvalue weighted by Gasteiger charge is 2.03. The largest absolute Gasteiger partial charge is 0.355 e. The van der Waals surface area contributed by atoms with Gasteiger partial charge < -0.3 is 5.32 Å². The van der Waals surface area contributed by atoms with E-state index in [0.717, 1.165) is 12.1 Å². The predicted molar refractivity (Wildman–Crippen MR) is 106 cm³/mol. The highest BCUT2D eigenvalue weighted by molar-refractivity contribution is 5.86. The zero-order chi connectivity index (χ0) is 16.6. The molecule has 24 heavy (non-hydrogen) atoms. The van der Waals surface area contributed by atoms with E-state index in [1.165, 1.54) is 54.1 Å². The predicted octanol–water partition coefficient (Wildman–Crippen LogP) is 7.10. The van der Waals surface area contributed by atoms with E-state index in [1.807, 2.05) is 0 Å². The highest BCUT2D eigenvalue weighted by Crippen LogP contribution is 2.25. The number of fused-ring (bicyclic) bond motifs is 1. The van der Waals surface area contributed by atoms with E-state index >= 15 is 0 Å². The molecule has 0 saturated heterocycles. The Balaban J connectivity index is 1.69. The summed E-state index contributed by atoms with van der Waals surface area (Å²) in [5.41, 5.74) is 3.82. The van der Waals surface area contributed by atoms with E-state index < -0.39 is 0 Å². The zero-order valence-electron chi connectivity index (χ0n) is 14.6. The lowest BCUT2D eigenvalue weighted by atomic mass is 10.0. The monoisotopic (exact) mass is 317 g/mol. The van der Waals surface area contributed by atoms with Gasteiger partial charge in [-0.3, -0.25) is 0 Å². The molecule has 0 heterocycles. The molecule has 0 atom stereocenters. The van der Waals surface area contributed by atoms with Crippen LogP contribution in [0, 0.1) is 0 Å². The van der Waals surface area contributed by atoms with Crippen molar-refractivity contribution in [1.29, 1.82) is 0 Å². The van der Waals surface area contributed by atoms with Crippen LogP contribution < -0.4 is 5.32 Å². The third-order valence-corrected chi connectivity index (χ3v) is 4.60. The third kappa shape index (κ3) is 4.38. The third-order valence-electron chi connectivity index (χ3n) is 4.60. The Morgan fingerprint density at radius 2 is 1.46 bits per heavy atom. The van der Waals surface area contributed by atoms with Gasteiger partial charge in [-0.15, -0.1) is 0 Å². The summed E-state index contributed by atoms with van der Waals surface area (Å²) >= 11 is 0. The molecule has 0 saturated carbocycles. The Bertz CT molecular complexity index is 776. The fourth-order valence-electron chi connectivity index (χ4n) is 3.20. The Morgan fingerprint density at radius 3 is 2.33 bits per heavy atom. The van der Waals surface area contributed by atoms with Crippen molar-refractivity contribution in [2.75, 3.05) is 5.32 Å². The van der Waals surface area contributed by atoms with Gasteiger partial charge in [0.25, 0.3) is 0 Å². The quantitative estimate of drug-likeness (QED) is 0.437. The maximum Gasteiger partial charge on any atom is 0.0416 e. The first-order valence-corrected chi connectivity index (χ1v) is 9.20. The van der Waals surface area contributed by atoms with E-state index in [9.17, 15) is 0 Å². The number of anilines is 2.